The van der Waals surface area contributed by atoms with E-state index in [1.165, 1.54) is 32.8 Å². The van der Waals surface area contributed by atoms with Crippen molar-refractivity contribution in [3.63, 3.8) is 0 Å². The molecular formula is C15H21NO2. The van der Waals surface area contributed by atoms with Crippen LogP contribution in [0.15, 0.2) is 24.3 Å². The van der Waals surface area contributed by atoms with Crippen LogP contribution in [0.3, 0.4) is 0 Å². The topological polar surface area (TPSA) is 38.3 Å². The van der Waals surface area contributed by atoms with E-state index in [0.717, 1.165) is 11.6 Å². The molecule has 1 N–H and O–H groups in total. The number of esters is 1. The molecule has 0 bridgehead atoms. The fraction of sp³-hybridized carbons (Fsp3) is 0.533. The Hall–Kier alpha value is -1.51. The van der Waals surface area contributed by atoms with Crippen molar-refractivity contribution in [3.8, 4) is 0 Å². The monoisotopic (exact) mass is 247 g/mol. The quantitative estimate of drug-likeness (QED) is 0.828. The van der Waals surface area contributed by atoms with Crippen molar-refractivity contribution in [3.05, 3.63) is 29.8 Å². The van der Waals surface area contributed by atoms with Crippen LogP contribution < -0.4 is 5.32 Å². The van der Waals surface area contributed by atoms with Gasteiger partial charge in [0.15, 0.2) is 0 Å². The van der Waals surface area contributed by atoms with Crippen molar-refractivity contribution in [1.82, 2.24) is 0 Å². The molecule has 0 heterocycles. The maximum atomic E-state index is 11.7. The largest absolute Gasteiger partial charge is 0.465 e. The first-order valence-electron chi connectivity index (χ1n) is 6.68. The van der Waals surface area contributed by atoms with E-state index in [4.69, 9.17) is 4.74 Å². The van der Waals surface area contributed by atoms with Crippen molar-refractivity contribution in [2.75, 3.05) is 12.4 Å². The Morgan fingerprint density at radius 3 is 2.83 bits per heavy atom. The van der Waals surface area contributed by atoms with Crippen LogP contribution in [-0.4, -0.2) is 19.1 Å². The van der Waals surface area contributed by atoms with Crippen LogP contribution >= 0.6 is 0 Å². The normalized spacial score (nSPS) is 22.8. The van der Waals surface area contributed by atoms with E-state index < -0.39 is 0 Å². The molecule has 1 aromatic carbocycles. The Kier molecular flexibility index (Phi) is 4.24. The number of hydrogen-bond acceptors (Lipinski definition) is 3. The second-order valence-corrected chi connectivity index (χ2v) is 4.97. The van der Waals surface area contributed by atoms with Crippen molar-refractivity contribution < 1.29 is 9.53 Å². The lowest BCUT2D eigenvalue weighted by atomic mass is 10.1. The highest BCUT2D eigenvalue weighted by Crippen LogP contribution is 2.31. The third-order valence-electron chi connectivity index (χ3n) is 3.81. The fourth-order valence-corrected chi connectivity index (χ4v) is 2.69. The molecule has 0 aliphatic heterocycles. The SMILES string of the molecule is CCC1CCC(Nc2ccccc2C(=O)OC)C1. The molecule has 0 amide bonds. The highest BCUT2D eigenvalue weighted by atomic mass is 16.5. The number of ether oxygens (including phenoxy) is 1. The Labute approximate surface area is 109 Å². The summed E-state index contributed by atoms with van der Waals surface area (Å²) in [5.41, 5.74) is 1.52. The molecule has 1 aliphatic rings. The first-order valence-corrected chi connectivity index (χ1v) is 6.68. The predicted octanol–water partition coefficient (Wildman–Crippen LogP) is 3.46. The van der Waals surface area contributed by atoms with Crippen molar-refractivity contribution in [2.24, 2.45) is 5.92 Å². The summed E-state index contributed by atoms with van der Waals surface area (Å²) in [6.45, 7) is 2.25. The standard InChI is InChI=1S/C15H21NO2/c1-3-11-8-9-12(10-11)16-14-7-5-4-6-13(14)15(17)18-2/h4-7,11-12,16H,3,8-10H2,1-2H3. The number of nitrogens with one attached hydrogen (secondary N) is 1. The van der Waals surface area contributed by atoms with Gasteiger partial charge in [0.05, 0.1) is 12.7 Å². The third-order valence-corrected chi connectivity index (χ3v) is 3.81. The zero-order valence-corrected chi connectivity index (χ0v) is 11.1. The van der Waals surface area contributed by atoms with Gasteiger partial charge in [-0.1, -0.05) is 25.5 Å². The number of methoxy groups -OCH3 is 1. The lowest BCUT2D eigenvalue weighted by Gasteiger charge is -2.16. The van der Waals surface area contributed by atoms with Gasteiger partial charge in [0.25, 0.3) is 0 Å². The van der Waals surface area contributed by atoms with Gasteiger partial charge in [-0.2, -0.15) is 0 Å². The second kappa shape index (κ2) is 5.89. The first kappa shape index (κ1) is 12.9. The number of benzene rings is 1. The molecule has 0 radical (unpaired) electrons. The van der Waals surface area contributed by atoms with Crippen LogP contribution in [0.2, 0.25) is 0 Å². The third kappa shape index (κ3) is 2.84. The van der Waals surface area contributed by atoms with E-state index in [0.29, 0.717) is 11.6 Å². The number of anilines is 1. The van der Waals surface area contributed by atoms with Crippen LogP contribution in [0, 0.1) is 5.92 Å². The molecular weight excluding hydrogens is 226 g/mol. The van der Waals surface area contributed by atoms with E-state index in [2.05, 4.69) is 12.2 Å². The second-order valence-electron chi connectivity index (χ2n) is 4.97. The Morgan fingerprint density at radius 2 is 2.17 bits per heavy atom. The Bertz CT molecular complexity index is 417. The van der Waals surface area contributed by atoms with Gasteiger partial charge in [-0.05, 0) is 37.3 Å². The predicted molar refractivity (Wildman–Crippen MR) is 72.8 cm³/mol. The molecule has 1 aliphatic carbocycles. The van der Waals surface area contributed by atoms with Gasteiger partial charge in [-0.25, -0.2) is 4.79 Å². The fourth-order valence-electron chi connectivity index (χ4n) is 2.69. The Balaban J connectivity index is 2.07. The average Bonchev–Trinajstić information content (AvgIpc) is 2.86. The number of para-hydroxylation sites is 1. The molecule has 2 rings (SSSR count). The highest BCUT2D eigenvalue weighted by Gasteiger charge is 2.24. The number of carbonyl (C=O) groups is 1. The van der Waals surface area contributed by atoms with Crippen LogP contribution in [0.1, 0.15) is 43.0 Å². The number of rotatable bonds is 4. The minimum atomic E-state index is -0.275. The first-order chi connectivity index (χ1) is 8.74. The summed E-state index contributed by atoms with van der Waals surface area (Å²) in [6.07, 6.45) is 4.92. The average molecular weight is 247 g/mol. The zero-order valence-electron chi connectivity index (χ0n) is 11.1. The minimum absolute atomic E-state index is 0.275. The van der Waals surface area contributed by atoms with E-state index >= 15 is 0 Å². The molecule has 0 saturated heterocycles. The summed E-state index contributed by atoms with van der Waals surface area (Å²) >= 11 is 0. The smallest absolute Gasteiger partial charge is 0.339 e. The molecule has 3 heteroatoms. The van der Waals surface area contributed by atoms with E-state index in [9.17, 15) is 4.79 Å². The summed E-state index contributed by atoms with van der Waals surface area (Å²) in [7, 11) is 1.42. The van der Waals surface area contributed by atoms with E-state index in [1.807, 2.05) is 18.2 Å². The van der Waals surface area contributed by atoms with Gasteiger partial charge in [0.2, 0.25) is 0 Å². The van der Waals surface area contributed by atoms with Crippen LogP contribution in [0.5, 0.6) is 0 Å². The van der Waals surface area contributed by atoms with Crippen LogP contribution in [0.25, 0.3) is 0 Å². The molecule has 2 unspecified atom stereocenters. The lowest BCUT2D eigenvalue weighted by Crippen LogP contribution is -2.18. The minimum Gasteiger partial charge on any atom is -0.465 e. The van der Waals surface area contributed by atoms with Crippen molar-refractivity contribution in [1.29, 1.82) is 0 Å². The van der Waals surface area contributed by atoms with Crippen LogP contribution in [0.4, 0.5) is 5.69 Å². The maximum Gasteiger partial charge on any atom is 0.339 e. The van der Waals surface area contributed by atoms with Crippen LogP contribution in [-0.2, 0) is 4.74 Å². The summed E-state index contributed by atoms with van der Waals surface area (Å²) in [4.78, 5) is 11.7. The van der Waals surface area contributed by atoms with Crippen molar-refractivity contribution in [2.45, 2.75) is 38.6 Å². The number of hydrogen-bond donors (Lipinski definition) is 1. The molecule has 1 saturated carbocycles. The maximum absolute atomic E-state index is 11.7. The summed E-state index contributed by atoms with van der Waals surface area (Å²) < 4.78 is 4.80. The van der Waals surface area contributed by atoms with Gasteiger partial charge < -0.3 is 10.1 Å². The zero-order chi connectivity index (χ0) is 13.0. The van der Waals surface area contributed by atoms with Gasteiger partial charge >= 0.3 is 5.97 Å². The summed E-state index contributed by atoms with van der Waals surface area (Å²) in [6, 6.07) is 8.05. The molecule has 1 fully saturated rings. The molecule has 0 aromatic heterocycles. The lowest BCUT2D eigenvalue weighted by molar-refractivity contribution is 0.0602. The molecule has 3 nitrogen and oxygen atoms in total. The number of carbonyl (C=O) groups excluding carboxylic acids is 1. The Morgan fingerprint density at radius 1 is 1.39 bits per heavy atom. The molecule has 18 heavy (non-hydrogen) atoms. The van der Waals surface area contributed by atoms with E-state index in [-0.39, 0.29) is 5.97 Å². The van der Waals surface area contributed by atoms with Gasteiger partial charge in [0, 0.05) is 11.7 Å². The van der Waals surface area contributed by atoms with Gasteiger partial charge in [-0.3, -0.25) is 0 Å². The highest BCUT2D eigenvalue weighted by molar-refractivity contribution is 5.95. The van der Waals surface area contributed by atoms with Gasteiger partial charge in [-0.15, -0.1) is 0 Å². The molecule has 98 valence electrons. The molecule has 2 atom stereocenters. The van der Waals surface area contributed by atoms with Crippen molar-refractivity contribution >= 4 is 11.7 Å². The molecule has 0 spiro atoms. The van der Waals surface area contributed by atoms with Gasteiger partial charge in [0.1, 0.15) is 0 Å². The summed E-state index contributed by atoms with van der Waals surface area (Å²) in [5, 5.41) is 3.49. The summed E-state index contributed by atoms with van der Waals surface area (Å²) in [5.74, 6) is 0.552. The van der Waals surface area contributed by atoms with E-state index in [1.54, 1.807) is 6.07 Å². The molecule has 1 aromatic rings.